The number of ether oxygens (including phenoxy) is 1. The van der Waals surface area contributed by atoms with Gasteiger partial charge in [-0.05, 0) is 54.1 Å². The summed E-state index contributed by atoms with van der Waals surface area (Å²) in [5.74, 6) is -0.657. The summed E-state index contributed by atoms with van der Waals surface area (Å²) in [5.41, 5.74) is 4.01. The zero-order valence-corrected chi connectivity index (χ0v) is 17.2. The summed E-state index contributed by atoms with van der Waals surface area (Å²) < 4.78 is 5.01. The van der Waals surface area contributed by atoms with Crippen LogP contribution in [0.4, 0.5) is 5.69 Å². The van der Waals surface area contributed by atoms with Gasteiger partial charge in [-0.1, -0.05) is 18.2 Å². The number of anilines is 1. The van der Waals surface area contributed by atoms with E-state index >= 15 is 0 Å². The van der Waals surface area contributed by atoms with Crippen LogP contribution in [0, 0.1) is 0 Å². The first-order valence-electron chi connectivity index (χ1n) is 9.88. The average molecular weight is 428 g/mol. The van der Waals surface area contributed by atoms with Crippen LogP contribution < -0.4 is 15.4 Å². The molecule has 0 radical (unpaired) electrons. The van der Waals surface area contributed by atoms with Gasteiger partial charge in [0.05, 0.1) is 17.4 Å². The minimum atomic E-state index is -0.452. The first-order chi connectivity index (χ1) is 15.5. The van der Waals surface area contributed by atoms with Crippen molar-refractivity contribution in [3.8, 4) is 5.75 Å². The molecule has 0 aliphatic carbocycles. The summed E-state index contributed by atoms with van der Waals surface area (Å²) >= 11 is 0. The first-order valence-corrected chi connectivity index (χ1v) is 9.88. The molecule has 3 N–H and O–H groups in total. The SMILES string of the molecule is CC(=O)Oc1cccc(C(=O)Nc2ccc(CNC(=O)c3ccc4nc[nH]c4c3)cc2)c1. The number of hydrogen-bond donors (Lipinski definition) is 3. The van der Waals surface area contributed by atoms with E-state index in [1.807, 2.05) is 12.1 Å². The number of hydrogen-bond acceptors (Lipinski definition) is 5. The van der Waals surface area contributed by atoms with Crippen LogP contribution >= 0.6 is 0 Å². The largest absolute Gasteiger partial charge is 0.427 e. The third-order valence-corrected chi connectivity index (χ3v) is 4.71. The first kappa shape index (κ1) is 20.8. The Morgan fingerprint density at radius 3 is 2.50 bits per heavy atom. The van der Waals surface area contributed by atoms with E-state index in [4.69, 9.17) is 4.74 Å². The molecule has 0 aliphatic rings. The van der Waals surface area contributed by atoms with Gasteiger partial charge in [0.2, 0.25) is 0 Å². The minimum absolute atomic E-state index is 0.188. The molecule has 0 saturated carbocycles. The molecule has 8 heteroatoms. The minimum Gasteiger partial charge on any atom is -0.427 e. The number of fused-ring (bicyclic) bond motifs is 1. The predicted molar refractivity (Wildman–Crippen MR) is 119 cm³/mol. The fourth-order valence-electron chi connectivity index (χ4n) is 3.14. The van der Waals surface area contributed by atoms with Crippen molar-refractivity contribution in [3.05, 3.63) is 89.7 Å². The Morgan fingerprint density at radius 2 is 1.72 bits per heavy atom. The Bertz CT molecular complexity index is 1290. The van der Waals surface area contributed by atoms with Crippen LogP contribution in [0.1, 0.15) is 33.2 Å². The van der Waals surface area contributed by atoms with Gasteiger partial charge in [0.25, 0.3) is 11.8 Å². The summed E-state index contributed by atoms with van der Waals surface area (Å²) in [6, 6.07) is 18.8. The van der Waals surface area contributed by atoms with E-state index in [0.29, 0.717) is 29.1 Å². The highest BCUT2D eigenvalue weighted by Gasteiger charge is 2.10. The smallest absolute Gasteiger partial charge is 0.308 e. The lowest BCUT2D eigenvalue weighted by Crippen LogP contribution is -2.22. The molecular weight excluding hydrogens is 408 g/mol. The zero-order valence-electron chi connectivity index (χ0n) is 17.2. The number of nitrogens with zero attached hydrogens (tertiary/aromatic N) is 1. The summed E-state index contributed by atoms with van der Waals surface area (Å²) in [5, 5.41) is 5.67. The van der Waals surface area contributed by atoms with E-state index in [1.165, 1.54) is 13.0 Å². The molecule has 0 unspecified atom stereocenters. The molecule has 0 saturated heterocycles. The quantitative estimate of drug-likeness (QED) is 0.320. The molecule has 8 nitrogen and oxygen atoms in total. The van der Waals surface area contributed by atoms with Gasteiger partial charge in [-0.2, -0.15) is 0 Å². The maximum Gasteiger partial charge on any atom is 0.308 e. The number of carbonyl (C=O) groups is 3. The van der Waals surface area contributed by atoms with Crippen LogP contribution in [-0.2, 0) is 11.3 Å². The Balaban J connectivity index is 1.34. The fourth-order valence-corrected chi connectivity index (χ4v) is 3.14. The number of aromatic nitrogens is 2. The Kier molecular flexibility index (Phi) is 5.94. The molecule has 0 spiro atoms. The number of carbonyl (C=O) groups excluding carboxylic acids is 3. The van der Waals surface area contributed by atoms with E-state index in [9.17, 15) is 14.4 Å². The molecule has 4 aromatic rings. The third kappa shape index (κ3) is 4.99. The van der Waals surface area contributed by atoms with E-state index in [2.05, 4.69) is 20.6 Å². The average Bonchev–Trinajstić information content (AvgIpc) is 3.26. The van der Waals surface area contributed by atoms with Crippen molar-refractivity contribution in [2.75, 3.05) is 5.32 Å². The van der Waals surface area contributed by atoms with E-state index < -0.39 is 5.97 Å². The molecule has 1 aromatic heterocycles. The summed E-state index contributed by atoms with van der Waals surface area (Å²) in [6.45, 7) is 1.65. The molecule has 160 valence electrons. The fraction of sp³-hybridized carbons (Fsp3) is 0.0833. The molecule has 0 fully saturated rings. The van der Waals surface area contributed by atoms with E-state index in [0.717, 1.165) is 16.6 Å². The second-order valence-corrected chi connectivity index (χ2v) is 7.09. The van der Waals surface area contributed by atoms with Crippen molar-refractivity contribution in [2.24, 2.45) is 0 Å². The monoisotopic (exact) mass is 428 g/mol. The van der Waals surface area contributed by atoms with Crippen molar-refractivity contribution in [3.63, 3.8) is 0 Å². The highest BCUT2D eigenvalue weighted by atomic mass is 16.5. The molecule has 4 rings (SSSR count). The second-order valence-electron chi connectivity index (χ2n) is 7.09. The number of imidazole rings is 1. The van der Waals surface area contributed by atoms with Gasteiger partial charge >= 0.3 is 5.97 Å². The van der Waals surface area contributed by atoms with Gasteiger partial charge in [0.1, 0.15) is 5.75 Å². The number of esters is 1. The lowest BCUT2D eigenvalue weighted by atomic mass is 10.1. The molecule has 1 heterocycles. The van der Waals surface area contributed by atoms with Crippen LogP contribution in [0.3, 0.4) is 0 Å². The molecule has 0 atom stereocenters. The third-order valence-electron chi connectivity index (χ3n) is 4.71. The molecular formula is C24H20N4O4. The Hall–Kier alpha value is -4.46. The standard InChI is InChI=1S/C24H20N4O4/c1-15(29)32-20-4-2-3-17(11-20)24(31)28-19-8-5-16(6-9-19)13-25-23(30)18-7-10-21-22(12-18)27-14-26-21/h2-12,14H,13H2,1H3,(H,25,30)(H,26,27)(H,28,31). The van der Waals surface area contributed by atoms with Gasteiger partial charge in [0.15, 0.2) is 0 Å². The van der Waals surface area contributed by atoms with Crippen LogP contribution in [0.2, 0.25) is 0 Å². The normalized spacial score (nSPS) is 10.5. The van der Waals surface area contributed by atoms with Crippen LogP contribution in [0.5, 0.6) is 5.75 Å². The van der Waals surface area contributed by atoms with Gasteiger partial charge in [0, 0.05) is 30.3 Å². The number of amides is 2. The van der Waals surface area contributed by atoms with Crippen molar-refractivity contribution >= 4 is 34.5 Å². The topological polar surface area (TPSA) is 113 Å². The molecule has 0 bridgehead atoms. The highest BCUT2D eigenvalue weighted by Crippen LogP contribution is 2.17. The summed E-state index contributed by atoms with van der Waals surface area (Å²) in [4.78, 5) is 43.1. The zero-order chi connectivity index (χ0) is 22.5. The van der Waals surface area contributed by atoms with E-state index in [-0.39, 0.29) is 11.8 Å². The maximum atomic E-state index is 12.5. The van der Waals surface area contributed by atoms with Crippen molar-refractivity contribution in [1.29, 1.82) is 0 Å². The molecule has 3 aromatic carbocycles. The van der Waals surface area contributed by atoms with Crippen LogP contribution in [0.15, 0.2) is 73.1 Å². The van der Waals surface area contributed by atoms with Crippen LogP contribution in [0.25, 0.3) is 11.0 Å². The number of H-pyrrole nitrogens is 1. The second kappa shape index (κ2) is 9.13. The highest BCUT2D eigenvalue weighted by molar-refractivity contribution is 6.04. The maximum absolute atomic E-state index is 12.5. The predicted octanol–water partition coefficient (Wildman–Crippen LogP) is 3.67. The van der Waals surface area contributed by atoms with E-state index in [1.54, 1.807) is 54.9 Å². The Morgan fingerprint density at radius 1 is 0.938 bits per heavy atom. The molecule has 32 heavy (non-hydrogen) atoms. The van der Waals surface area contributed by atoms with Crippen molar-refractivity contribution < 1.29 is 19.1 Å². The molecule has 2 amide bonds. The van der Waals surface area contributed by atoms with Crippen molar-refractivity contribution in [2.45, 2.75) is 13.5 Å². The van der Waals surface area contributed by atoms with Crippen LogP contribution in [-0.4, -0.2) is 27.8 Å². The summed E-state index contributed by atoms with van der Waals surface area (Å²) in [6.07, 6.45) is 1.59. The van der Waals surface area contributed by atoms with Gasteiger partial charge < -0.3 is 20.4 Å². The molecule has 0 aliphatic heterocycles. The van der Waals surface area contributed by atoms with Gasteiger partial charge in [-0.25, -0.2) is 4.98 Å². The lowest BCUT2D eigenvalue weighted by molar-refractivity contribution is -0.131. The van der Waals surface area contributed by atoms with Crippen molar-refractivity contribution in [1.82, 2.24) is 15.3 Å². The number of benzene rings is 3. The number of nitrogens with one attached hydrogen (secondary N) is 3. The number of rotatable bonds is 6. The van der Waals surface area contributed by atoms with Gasteiger partial charge in [-0.3, -0.25) is 14.4 Å². The lowest BCUT2D eigenvalue weighted by Gasteiger charge is -2.09. The summed E-state index contributed by atoms with van der Waals surface area (Å²) in [7, 11) is 0. The number of aromatic amines is 1. The Labute approximate surface area is 183 Å². The van der Waals surface area contributed by atoms with Gasteiger partial charge in [-0.15, -0.1) is 0 Å².